The third-order valence-corrected chi connectivity index (χ3v) is 4.06. The second-order valence-corrected chi connectivity index (χ2v) is 6.27. The van der Waals surface area contributed by atoms with Gasteiger partial charge < -0.3 is 9.64 Å². The minimum atomic E-state index is -0.237. The van der Waals surface area contributed by atoms with E-state index in [1.54, 1.807) is 12.1 Å². The first kappa shape index (κ1) is 17.9. The predicted octanol–water partition coefficient (Wildman–Crippen LogP) is 2.68. The van der Waals surface area contributed by atoms with Gasteiger partial charge in [0, 0.05) is 26.2 Å². The number of likely N-dealkylation sites (N-methyl/N-ethyl adjacent to an activating group) is 1. The van der Waals surface area contributed by atoms with Gasteiger partial charge in [-0.15, -0.1) is 0 Å². The molecule has 1 aliphatic heterocycles. The van der Waals surface area contributed by atoms with Crippen LogP contribution in [0, 0.1) is 5.82 Å². The van der Waals surface area contributed by atoms with Gasteiger partial charge in [-0.25, -0.2) is 4.39 Å². The second kappa shape index (κ2) is 8.99. The Morgan fingerprint density at radius 3 is 2.83 bits per heavy atom. The maximum absolute atomic E-state index is 12.9. The molecule has 0 aliphatic carbocycles. The first-order valence-electron chi connectivity index (χ1n) is 8.41. The van der Waals surface area contributed by atoms with Gasteiger partial charge in [0.05, 0.1) is 12.6 Å². The number of carbonyl (C=O) groups excluding carboxylic acids is 1. The average Bonchev–Trinajstić information content (AvgIpc) is 2.55. The molecule has 1 saturated heterocycles. The summed E-state index contributed by atoms with van der Waals surface area (Å²) in [5.41, 5.74) is 1.00. The van der Waals surface area contributed by atoms with Crippen LogP contribution in [0.4, 0.5) is 4.39 Å². The molecule has 0 aromatic heterocycles. The molecular formula is C18H27FN2O2. The fraction of sp³-hybridized carbons (Fsp3) is 0.611. The third kappa shape index (κ3) is 5.92. The first-order chi connectivity index (χ1) is 11.1. The number of rotatable bonds is 7. The van der Waals surface area contributed by atoms with E-state index in [4.69, 9.17) is 4.74 Å². The number of piperidine rings is 1. The maximum Gasteiger partial charge on any atom is 0.236 e. The van der Waals surface area contributed by atoms with E-state index in [9.17, 15) is 9.18 Å². The fourth-order valence-electron chi connectivity index (χ4n) is 2.87. The highest BCUT2D eigenvalue weighted by atomic mass is 19.1. The number of halogens is 1. The summed E-state index contributed by atoms with van der Waals surface area (Å²) in [5, 5.41) is 0. The van der Waals surface area contributed by atoms with Gasteiger partial charge in [0.15, 0.2) is 0 Å². The van der Waals surface area contributed by atoms with Crippen LogP contribution >= 0.6 is 0 Å². The Morgan fingerprint density at radius 1 is 1.39 bits per heavy atom. The van der Waals surface area contributed by atoms with Gasteiger partial charge in [-0.3, -0.25) is 9.69 Å². The topological polar surface area (TPSA) is 32.8 Å². The van der Waals surface area contributed by atoms with E-state index in [2.05, 4.69) is 6.92 Å². The van der Waals surface area contributed by atoms with E-state index in [0.29, 0.717) is 19.6 Å². The van der Waals surface area contributed by atoms with Crippen LogP contribution in [-0.2, 0) is 16.1 Å². The first-order valence-corrected chi connectivity index (χ1v) is 8.41. The van der Waals surface area contributed by atoms with E-state index >= 15 is 0 Å². The molecule has 23 heavy (non-hydrogen) atoms. The molecule has 1 aromatic carbocycles. The summed E-state index contributed by atoms with van der Waals surface area (Å²) in [6, 6.07) is 6.41. The number of likely N-dealkylation sites (tertiary alicyclic amines) is 1. The van der Waals surface area contributed by atoms with Crippen LogP contribution in [0.5, 0.6) is 0 Å². The van der Waals surface area contributed by atoms with Crippen molar-refractivity contribution < 1.29 is 13.9 Å². The Kier molecular flexibility index (Phi) is 6.99. The van der Waals surface area contributed by atoms with Crippen LogP contribution in [0.25, 0.3) is 0 Å². The molecule has 1 unspecified atom stereocenters. The van der Waals surface area contributed by atoms with Crippen molar-refractivity contribution in [2.45, 2.75) is 38.8 Å². The van der Waals surface area contributed by atoms with Crippen LogP contribution in [0.2, 0.25) is 0 Å². The third-order valence-electron chi connectivity index (χ3n) is 4.06. The Bertz CT molecular complexity index is 492. The molecule has 4 nitrogen and oxygen atoms in total. The van der Waals surface area contributed by atoms with E-state index in [0.717, 1.165) is 38.0 Å². The largest absolute Gasteiger partial charge is 0.376 e. The number of hydrogen-bond donors (Lipinski definition) is 0. The Hall–Kier alpha value is -1.46. The van der Waals surface area contributed by atoms with Crippen molar-refractivity contribution in [3.63, 3.8) is 0 Å². The molecule has 5 heteroatoms. The van der Waals surface area contributed by atoms with E-state index < -0.39 is 0 Å². The molecule has 1 amide bonds. The minimum Gasteiger partial charge on any atom is -0.376 e. The summed E-state index contributed by atoms with van der Waals surface area (Å²) in [6.07, 6.45) is 3.22. The molecule has 1 aliphatic rings. The lowest BCUT2D eigenvalue weighted by Crippen LogP contribution is -2.46. The smallest absolute Gasteiger partial charge is 0.236 e. The van der Waals surface area contributed by atoms with Gasteiger partial charge in [-0.2, -0.15) is 0 Å². The number of hydrogen-bond acceptors (Lipinski definition) is 3. The number of benzene rings is 1. The van der Waals surface area contributed by atoms with Crippen molar-refractivity contribution in [3.8, 4) is 0 Å². The van der Waals surface area contributed by atoms with Gasteiger partial charge in [0.2, 0.25) is 5.91 Å². The number of nitrogens with zero attached hydrogens (tertiary/aromatic N) is 2. The maximum atomic E-state index is 12.9. The lowest BCUT2D eigenvalue weighted by molar-refractivity contribution is -0.136. The van der Waals surface area contributed by atoms with Crippen LogP contribution in [0.1, 0.15) is 31.7 Å². The molecule has 0 saturated carbocycles. The lowest BCUT2D eigenvalue weighted by Gasteiger charge is -2.33. The van der Waals surface area contributed by atoms with E-state index in [-0.39, 0.29) is 17.8 Å². The van der Waals surface area contributed by atoms with Crippen molar-refractivity contribution in [1.29, 1.82) is 0 Å². The summed E-state index contributed by atoms with van der Waals surface area (Å²) in [7, 11) is 1.91. The highest BCUT2D eigenvalue weighted by Crippen LogP contribution is 2.14. The molecular weight excluding hydrogens is 295 g/mol. The van der Waals surface area contributed by atoms with Crippen molar-refractivity contribution in [2.75, 3.05) is 33.3 Å². The van der Waals surface area contributed by atoms with Crippen LogP contribution in [0.15, 0.2) is 24.3 Å². The number of ether oxygens (including phenoxy) is 1. The molecule has 1 atom stereocenters. The monoisotopic (exact) mass is 322 g/mol. The summed E-state index contributed by atoms with van der Waals surface area (Å²) in [6.45, 7) is 5.37. The zero-order valence-electron chi connectivity index (χ0n) is 14.1. The van der Waals surface area contributed by atoms with Gasteiger partial charge >= 0.3 is 0 Å². The second-order valence-electron chi connectivity index (χ2n) is 6.27. The number of carbonyl (C=O) groups is 1. The molecule has 0 N–H and O–H groups in total. The Morgan fingerprint density at radius 2 is 2.13 bits per heavy atom. The van der Waals surface area contributed by atoms with E-state index in [1.807, 2.05) is 16.8 Å². The molecule has 1 heterocycles. The predicted molar refractivity (Wildman–Crippen MR) is 88.6 cm³/mol. The number of amides is 1. The summed E-state index contributed by atoms with van der Waals surface area (Å²) in [4.78, 5) is 16.3. The van der Waals surface area contributed by atoms with Crippen LogP contribution in [-0.4, -0.2) is 55.1 Å². The zero-order chi connectivity index (χ0) is 16.7. The highest BCUT2D eigenvalue weighted by molar-refractivity contribution is 5.78. The molecule has 128 valence electrons. The van der Waals surface area contributed by atoms with Gasteiger partial charge in [0.25, 0.3) is 0 Å². The van der Waals surface area contributed by atoms with Crippen LogP contribution in [0.3, 0.4) is 0 Å². The van der Waals surface area contributed by atoms with Crippen LogP contribution < -0.4 is 0 Å². The Labute approximate surface area is 138 Å². The summed E-state index contributed by atoms with van der Waals surface area (Å²) >= 11 is 0. The van der Waals surface area contributed by atoms with Crippen molar-refractivity contribution in [1.82, 2.24) is 9.80 Å². The fourth-order valence-corrected chi connectivity index (χ4v) is 2.87. The summed E-state index contributed by atoms with van der Waals surface area (Å²) < 4.78 is 18.7. The van der Waals surface area contributed by atoms with E-state index in [1.165, 1.54) is 12.1 Å². The average molecular weight is 322 g/mol. The SMILES string of the molecule is CCCOC1CCCN(C(=O)CN(C)Cc2ccc(F)cc2)C1. The molecule has 0 spiro atoms. The molecule has 0 radical (unpaired) electrons. The molecule has 0 bridgehead atoms. The molecule has 1 aromatic rings. The molecule has 2 rings (SSSR count). The lowest BCUT2D eigenvalue weighted by atomic mass is 10.1. The van der Waals surface area contributed by atoms with Gasteiger partial charge in [-0.1, -0.05) is 19.1 Å². The standard InChI is InChI=1S/C18H27FN2O2/c1-3-11-23-17-5-4-10-21(13-17)18(22)14-20(2)12-15-6-8-16(19)9-7-15/h6-9,17H,3-5,10-14H2,1-2H3. The zero-order valence-corrected chi connectivity index (χ0v) is 14.1. The minimum absolute atomic E-state index is 0.138. The van der Waals surface area contributed by atoms with Crippen molar-refractivity contribution >= 4 is 5.91 Å². The van der Waals surface area contributed by atoms with Gasteiger partial charge in [-0.05, 0) is 44.0 Å². The quantitative estimate of drug-likeness (QED) is 0.774. The Balaban J connectivity index is 1.79. The normalized spacial score (nSPS) is 18.4. The molecule has 1 fully saturated rings. The van der Waals surface area contributed by atoms with Crippen molar-refractivity contribution in [2.24, 2.45) is 0 Å². The van der Waals surface area contributed by atoms with Crippen molar-refractivity contribution in [3.05, 3.63) is 35.6 Å². The highest BCUT2D eigenvalue weighted by Gasteiger charge is 2.24. The summed E-state index contributed by atoms with van der Waals surface area (Å²) in [5.74, 6) is -0.0988. The van der Waals surface area contributed by atoms with Gasteiger partial charge in [0.1, 0.15) is 5.82 Å².